The summed E-state index contributed by atoms with van der Waals surface area (Å²) < 4.78 is 0. The van der Waals surface area contributed by atoms with Gasteiger partial charge in [-0.2, -0.15) is 5.10 Å². The van der Waals surface area contributed by atoms with Crippen LogP contribution in [0.3, 0.4) is 0 Å². The molecule has 0 spiro atoms. The van der Waals surface area contributed by atoms with Crippen LogP contribution in [0.15, 0.2) is 29.4 Å². The van der Waals surface area contributed by atoms with Crippen molar-refractivity contribution in [3.05, 3.63) is 29.8 Å². The number of carbonyl (C=O) groups is 1. The van der Waals surface area contributed by atoms with E-state index in [-0.39, 0.29) is 17.1 Å². The molecule has 1 aromatic rings. The number of nitrogens with one attached hydrogen (secondary N) is 1. The van der Waals surface area contributed by atoms with E-state index in [2.05, 4.69) is 17.5 Å². The number of nitrogens with zero attached hydrogens (tertiary/aromatic N) is 1. The maximum Gasteiger partial charge on any atom is 0.271 e. The van der Waals surface area contributed by atoms with Crippen molar-refractivity contribution in [1.82, 2.24) is 5.43 Å². The average Bonchev–Trinajstić information content (AvgIpc) is 2.53. The molecule has 1 amide bonds. The molecule has 4 aliphatic rings. The highest BCUT2D eigenvalue weighted by Crippen LogP contribution is 2.60. The molecule has 128 valence electrons. The van der Waals surface area contributed by atoms with Crippen molar-refractivity contribution in [3.8, 4) is 5.75 Å². The number of carbonyl (C=O) groups excluding carboxylic acids is 1. The zero-order chi connectivity index (χ0) is 16.7. The van der Waals surface area contributed by atoms with Crippen LogP contribution in [-0.2, 0) is 0 Å². The van der Waals surface area contributed by atoms with Gasteiger partial charge in [-0.25, -0.2) is 5.43 Å². The van der Waals surface area contributed by atoms with E-state index in [0.717, 1.165) is 24.2 Å². The normalized spacial score (nSPS) is 34.4. The summed E-state index contributed by atoms with van der Waals surface area (Å²) in [5.74, 6) is 2.46. The van der Waals surface area contributed by atoms with Crippen molar-refractivity contribution in [2.24, 2.45) is 28.3 Å². The SMILES string of the molecule is CC/C(=N\NC(=O)c1cccc(O)c1)C12CC3CC(CC(C3)C1)C2. The number of hydrazone groups is 1. The Morgan fingerprint density at radius 1 is 1.21 bits per heavy atom. The molecule has 4 saturated carbocycles. The number of hydrogen-bond donors (Lipinski definition) is 2. The minimum Gasteiger partial charge on any atom is -0.508 e. The summed E-state index contributed by atoms with van der Waals surface area (Å²) in [6.45, 7) is 2.15. The van der Waals surface area contributed by atoms with Crippen LogP contribution in [0, 0.1) is 23.2 Å². The lowest BCUT2D eigenvalue weighted by Gasteiger charge is -2.57. The number of hydrogen-bond acceptors (Lipinski definition) is 3. The van der Waals surface area contributed by atoms with Crippen LogP contribution in [0.2, 0.25) is 0 Å². The van der Waals surface area contributed by atoms with Crippen molar-refractivity contribution >= 4 is 11.6 Å². The van der Waals surface area contributed by atoms with E-state index in [1.54, 1.807) is 18.2 Å². The molecule has 5 rings (SSSR count). The second kappa shape index (κ2) is 5.91. The molecule has 4 aliphatic carbocycles. The molecule has 4 heteroatoms. The third-order valence-electron chi connectivity index (χ3n) is 6.39. The highest BCUT2D eigenvalue weighted by Gasteiger charge is 2.52. The minimum atomic E-state index is -0.249. The molecular weight excluding hydrogens is 300 g/mol. The molecule has 0 heterocycles. The number of benzene rings is 1. The van der Waals surface area contributed by atoms with Gasteiger partial charge < -0.3 is 5.11 Å². The Morgan fingerprint density at radius 3 is 2.38 bits per heavy atom. The van der Waals surface area contributed by atoms with E-state index in [1.165, 1.54) is 50.3 Å². The van der Waals surface area contributed by atoms with Crippen molar-refractivity contribution in [2.45, 2.75) is 51.9 Å². The monoisotopic (exact) mass is 326 g/mol. The molecule has 4 bridgehead atoms. The molecule has 0 unspecified atom stereocenters. The fraction of sp³-hybridized carbons (Fsp3) is 0.600. The zero-order valence-electron chi connectivity index (χ0n) is 14.3. The lowest BCUT2D eigenvalue weighted by Crippen LogP contribution is -2.50. The Hall–Kier alpha value is -1.84. The number of aromatic hydroxyl groups is 1. The van der Waals surface area contributed by atoms with Crippen LogP contribution >= 0.6 is 0 Å². The van der Waals surface area contributed by atoms with Gasteiger partial charge >= 0.3 is 0 Å². The van der Waals surface area contributed by atoms with E-state index in [0.29, 0.717) is 5.56 Å². The minimum absolute atomic E-state index is 0.100. The van der Waals surface area contributed by atoms with Gasteiger partial charge in [0.05, 0.1) is 0 Å². The molecule has 2 N–H and O–H groups in total. The van der Waals surface area contributed by atoms with Crippen LogP contribution in [0.5, 0.6) is 5.75 Å². The molecule has 0 saturated heterocycles. The average molecular weight is 326 g/mol. The predicted molar refractivity (Wildman–Crippen MR) is 93.9 cm³/mol. The highest BCUT2D eigenvalue weighted by atomic mass is 16.3. The van der Waals surface area contributed by atoms with Gasteiger partial charge in [-0.3, -0.25) is 4.79 Å². The molecular formula is C20H26N2O2. The third kappa shape index (κ3) is 2.72. The maximum absolute atomic E-state index is 12.3. The summed E-state index contributed by atoms with van der Waals surface area (Å²) in [4.78, 5) is 12.3. The van der Waals surface area contributed by atoms with Gasteiger partial charge in [0, 0.05) is 16.7 Å². The largest absolute Gasteiger partial charge is 0.508 e. The second-order valence-corrected chi connectivity index (χ2v) is 8.10. The van der Waals surface area contributed by atoms with E-state index in [9.17, 15) is 9.90 Å². The van der Waals surface area contributed by atoms with E-state index in [1.807, 2.05) is 0 Å². The Morgan fingerprint density at radius 2 is 1.83 bits per heavy atom. The lowest BCUT2D eigenvalue weighted by molar-refractivity contribution is -0.0134. The number of rotatable bonds is 4. The number of phenols is 1. The molecule has 1 aromatic carbocycles. The van der Waals surface area contributed by atoms with Gasteiger partial charge in [0.1, 0.15) is 5.75 Å². The summed E-state index contributed by atoms with van der Waals surface area (Å²) >= 11 is 0. The summed E-state index contributed by atoms with van der Waals surface area (Å²) in [7, 11) is 0. The molecule has 0 atom stereocenters. The zero-order valence-corrected chi connectivity index (χ0v) is 14.3. The van der Waals surface area contributed by atoms with Gasteiger partial charge in [0.2, 0.25) is 0 Å². The van der Waals surface area contributed by atoms with Gasteiger partial charge in [0.25, 0.3) is 5.91 Å². The summed E-state index contributed by atoms with van der Waals surface area (Å²) in [5, 5.41) is 14.1. The van der Waals surface area contributed by atoms with Crippen LogP contribution < -0.4 is 5.43 Å². The molecule has 0 aromatic heterocycles. The smallest absolute Gasteiger partial charge is 0.271 e. The van der Waals surface area contributed by atoms with Gasteiger partial charge in [-0.15, -0.1) is 0 Å². The Labute approximate surface area is 143 Å². The van der Waals surface area contributed by atoms with Crippen molar-refractivity contribution in [3.63, 3.8) is 0 Å². The molecule has 4 fully saturated rings. The van der Waals surface area contributed by atoms with E-state index >= 15 is 0 Å². The Bertz CT molecular complexity index is 645. The number of phenolic OH excluding ortho intramolecular Hbond substituents is 1. The third-order valence-corrected chi connectivity index (χ3v) is 6.39. The second-order valence-electron chi connectivity index (χ2n) is 8.10. The highest BCUT2D eigenvalue weighted by molar-refractivity contribution is 5.97. The fourth-order valence-electron chi connectivity index (χ4n) is 5.87. The topological polar surface area (TPSA) is 61.7 Å². The van der Waals surface area contributed by atoms with Gasteiger partial charge in [-0.1, -0.05) is 13.0 Å². The van der Waals surface area contributed by atoms with Crippen molar-refractivity contribution in [2.75, 3.05) is 0 Å². The Kier molecular flexibility index (Phi) is 3.86. The lowest BCUT2D eigenvalue weighted by atomic mass is 9.48. The van der Waals surface area contributed by atoms with Crippen LogP contribution in [0.4, 0.5) is 0 Å². The fourth-order valence-corrected chi connectivity index (χ4v) is 5.87. The van der Waals surface area contributed by atoms with Gasteiger partial charge in [-0.05, 0) is 80.9 Å². The Balaban J connectivity index is 1.53. The van der Waals surface area contributed by atoms with Gasteiger partial charge in [0.15, 0.2) is 0 Å². The standard InChI is InChI=1S/C20H26N2O2/c1-2-18(21-22-19(24)16-4-3-5-17(23)9-16)20-10-13-6-14(11-20)8-15(7-13)12-20/h3-5,9,13-15,23H,2,6-8,10-12H2,1H3,(H,22,24)/b21-18+. The number of amides is 1. The molecule has 0 radical (unpaired) electrons. The summed E-state index contributed by atoms with van der Waals surface area (Å²) in [6.07, 6.45) is 8.89. The first-order chi connectivity index (χ1) is 11.6. The maximum atomic E-state index is 12.3. The molecule has 4 nitrogen and oxygen atoms in total. The first-order valence-electron chi connectivity index (χ1n) is 9.24. The van der Waals surface area contributed by atoms with Crippen molar-refractivity contribution < 1.29 is 9.90 Å². The predicted octanol–water partition coefficient (Wildman–Crippen LogP) is 4.10. The van der Waals surface area contributed by atoms with Crippen molar-refractivity contribution in [1.29, 1.82) is 0 Å². The summed E-state index contributed by atoms with van der Waals surface area (Å²) in [6, 6.07) is 6.41. The first kappa shape index (κ1) is 15.7. The first-order valence-corrected chi connectivity index (χ1v) is 9.24. The van der Waals surface area contributed by atoms with Crippen LogP contribution in [0.1, 0.15) is 62.2 Å². The van der Waals surface area contributed by atoms with E-state index < -0.39 is 0 Å². The summed E-state index contributed by atoms with van der Waals surface area (Å²) in [5.41, 5.74) is 4.59. The quantitative estimate of drug-likeness (QED) is 0.646. The molecule has 24 heavy (non-hydrogen) atoms. The molecule has 0 aliphatic heterocycles. The van der Waals surface area contributed by atoms with Crippen LogP contribution in [0.25, 0.3) is 0 Å². The van der Waals surface area contributed by atoms with E-state index in [4.69, 9.17) is 0 Å². The van der Waals surface area contributed by atoms with Crippen LogP contribution in [-0.4, -0.2) is 16.7 Å².